The molecule has 2 aromatic heterocycles. The largest absolute Gasteiger partial charge is 0.493 e. The number of fused-ring (bicyclic) bond motifs is 2. The van der Waals surface area contributed by atoms with E-state index >= 15 is 0 Å². The van der Waals surface area contributed by atoms with Crippen molar-refractivity contribution >= 4 is 15.7 Å². The van der Waals surface area contributed by atoms with Gasteiger partial charge < -0.3 is 9.14 Å². The predicted molar refractivity (Wildman–Crippen MR) is 99.4 cm³/mol. The SMILES string of the molecule is O=S(=O)(c1ccc2c(c1)CCO2)N1CCC(c2cn3ccnc3cn2)CC1. The number of rotatable bonds is 3. The van der Waals surface area contributed by atoms with Crippen molar-refractivity contribution in [2.75, 3.05) is 19.7 Å². The smallest absolute Gasteiger partial charge is 0.243 e. The molecular weight excluding hydrogens is 364 g/mol. The van der Waals surface area contributed by atoms with Gasteiger partial charge in [-0.05, 0) is 36.6 Å². The minimum absolute atomic E-state index is 0.261. The zero-order valence-corrected chi connectivity index (χ0v) is 15.6. The molecule has 4 heterocycles. The van der Waals surface area contributed by atoms with Crippen molar-refractivity contribution in [2.45, 2.75) is 30.1 Å². The highest BCUT2D eigenvalue weighted by molar-refractivity contribution is 7.89. The number of nitrogens with zero attached hydrogens (tertiary/aromatic N) is 4. The molecule has 3 aromatic rings. The van der Waals surface area contributed by atoms with Gasteiger partial charge in [-0.2, -0.15) is 4.31 Å². The van der Waals surface area contributed by atoms with Gasteiger partial charge in [0, 0.05) is 44.0 Å². The molecule has 0 bridgehead atoms. The molecule has 1 fully saturated rings. The van der Waals surface area contributed by atoms with Crippen molar-refractivity contribution in [2.24, 2.45) is 0 Å². The first-order valence-electron chi connectivity index (χ1n) is 9.16. The molecule has 5 rings (SSSR count). The Kier molecular flexibility index (Phi) is 3.91. The standard InChI is InChI=1S/C19H20N4O3S/c24-27(25,16-1-2-18-15(11-16)5-10-26-18)23-7-3-14(4-8-23)17-13-22-9-6-20-19(22)12-21-17/h1-2,6,9,11-14H,3-5,7-8,10H2. The molecule has 0 unspecified atom stereocenters. The minimum Gasteiger partial charge on any atom is -0.493 e. The molecule has 0 N–H and O–H groups in total. The van der Waals surface area contributed by atoms with Gasteiger partial charge in [-0.1, -0.05) is 0 Å². The Balaban J connectivity index is 1.33. The molecule has 2 aliphatic rings. The van der Waals surface area contributed by atoms with Gasteiger partial charge in [0.15, 0.2) is 5.65 Å². The second-order valence-corrected chi connectivity index (χ2v) is 8.99. The Morgan fingerprint density at radius 3 is 2.85 bits per heavy atom. The van der Waals surface area contributed by atoms with E-state index < -0.39 is 10.0 Å². The fourth-order valence-corrected chi connectivity index (χ4v) is 5.44. The molecule has 0 atom stereocenters. The van der Waals surface area contributed by atoms with Crippen LogP contribution in [-0.2, 0) is 16.4 Å². The molecule has 7 nitrogen and oxygen atoms in total. The second kappa shape index (κ2) is 6.31. The third-order valence-corrected chi connectivity index (χ3v) is 7.36. The normalized spacial score (nSPS) is 18.5. The molecule has 2 aliphatic heterocycles. The van der Waals surface area contributed by atoms with Crippen LogP contribution in [0.1, 0.15) is 30.0 Å². The van der Waals surface area contributed by atoms with E-state index in [0.717, 1.165) is 41.9 Å². The van der Waals surface area contributed by atoms with Crippen LogP contribution in [-0.4, -0.2) is 46.8 Å². The number of benzene rings is 1. The van der Waals surface area contributed by atoms with Crippen LogP contribution in [0.4, 0.5) is 0 Å². The number of hydrogen-bond acceptors (Lipinski definition) is 5. The average molecular weight is 384 g/mol. The van der Waals surface area contributed by atoms with Crippen LogP contribution in [0.5, 0.6) is 5.75 Å². The van der Waals surface area contributed by atoms with Crippen LogP contribution in [0, 0.1) is 0 Å². The maximum absolute atomic E-state index is 13.0. The van der Waals surface area contributed by atoms with Crippen LogP contribution in [0.3, 0.4) is 0 Å². The Morgan fingerprint density at radius 2 is 2.00 bits per heavy atom. The van der Waals surface area contributed by atoms with Gasteiger partial charge in [0.1, 0.15) is 5.75 Å². The highest BCUT2D eigenvalue weighted by atomic mass is 32.2. The monoisotopic (exact) mass is 384 g/mol. The number of hydrogen-bond donors (Lipinski definition) is 0. The topological polar surface area (TPSA) is 76.8 Å². The van der Waals surface area contributed by atoms with Crippen molar-refractivity contribution in [3.05, 3.63) is 54.2 Å². The number of imidazole rings is 1. The van der Waals surface area contributed by atoms with E-state index in [1.807, 2.05) is 16.8 Å². The van der Waals surface area contributed by atoms with Gasteiger partial charge in [0.25, 0.3) is 0 Å². The van der Waals surface area contributed by atoms with Crippen LogP contribution >= 0.6 is 0 Å². The van der Waals surface area contributed by atoms with Gasteiger partial charge >= 0.3 is 0 Å². The lowest BCUT2D eigenvalue weighted by atomic mass is 9.95. The highest BCUT2D eigenvalue weighted by Crippen LogP contribution is 2.32. The van der Waals surface area contributed by atoms with E-state index in [1.165, 1.54) is 0 Å². The summed E-state index contributed by atoms with van der Waals surface area (Å²) in [4.78, 5) is 9.10. The quantitative estimate of drug-likeness (QED) is 0.692. The summed E-state index contributed by atoms with van der Waals surface area (Å²) >= 11 is 0. The van der Waals surface area contributed by atoms with Gasteiger partial charge in [-0.15, -0.1) is 0 Å². The fraction of sp³-hybridized carbons (Fsp3) is 0.368. The molecule has 1 aromatic carbocycles. The Morgan fingerprint density at radius 1 is 1.15 bits per heavy atom. The van der Waals surface area contributed by atoms with Gasteiger partial charge in [-0.25, -0.2) is 13.4 Å². The van der Waals surface area contributed by atoms with Crippen molar-refractivity contribution in [3.8, 4) is 5.75 Å². The van der Waals surface area contributed by atoms with Crippen molar-refractivity contribution in [1.29, 1.82) is 0 Å². The summed E-state index contributed by atoms with van der Waals surface area (Å²) in [6.07, 6.45) is 9.71. The first-order chi connectivity index (χ1) is 13.1. The number of aromatic nitrogens is 3. The van der Waals surface area contributed by atoms with E-state index in [0.29, 0.717) is 24.6 Å². The summed E-state index contributed by atoms with van der Waals surface area (Å²) in [5.41, 5.74) is 2.79. The first-order valence-corrected chi connectivity index (χ1v) is 10.6. The second-order valence-electron chi connectivity index (χ2n) is 7.05. The summed E-state index contributed by atoms with van der Waals surface area (Å²) < 4.78 is 35.1. The predicted octanol–water partition coefficient (Wildman–Crippen LogP) is 2.23. The van der Waals surface area contributed by atoms with E-state index in [9.17, 15) is 8.42 Å². The lowest BCUT2D eigenvalue weighted by Crippen LogP contribution is -2.38. The van der Waals surface area contributed by atoms with Gasteiger partial charge in [0.2, 0.25) is 10.0 Å². The number of piperidine rings is 1. The molecule has 0 spiro atoms. The van der Waals surface area contributed by atoms with Gasteiger partial charge in [-0.3, -0.25) is 4.98 Å². The molecule has 0 saturated carbocycles. The molecule has 27 heavy (non-hydrogen) atoms. The number of ether oxygens (including phenoxy) is 1. The first kappa shape index (κ1) is 16.7. The molecule has 140 valence electrons. The Labute approximate surface area is 157 Å². The summed E-state index contributed by atoms with van der Waals surface area (Å²) in [5.74, 6) is 1.06. The van der Waals surface area contributed by atoms with Crippen molar-refractivity contribution in [1.82, 2.24) is 18.7 Å². The third-order valence-electron chi connectivity index (χ3n) is 5.47. The number of sulfonamides is 1. The van der Waals surface area contributed by atoms with Crippen molar-refractivity contribution in [3.63, 3.8) is 0 Å². The maximum Gasteiger partial charge on any atom is 0.243 e. The molecule has 0 aliphatic carbocycles. The fourth-order valence-electron chi connectivity index (χ4n) is 3.92. The average Bonchev–Trinajstić information content (AvgIpc) is 3.35. The van der Waals surface area contributed by atoms with Crippen LogP contribution < -0.4 is 4.74 Å². The molecule has 0 radical (unpaired) electrons. The lowest BCUT2D eigenvalue weighted by molar-refractivity contribution is 0.316. The zero-order valence-electron chi connectivity index (χ0n) is 14.8. The van der Waals surface area contributed by atoms with E-state index in [4.69, 9.17) is 4.74 Å². The summed E-state index contributed by atoms with van der Waals surface area (Å²) in [6.45, 7) is 1.63. The van der Waals surface area contributed by atoms with E-state index in [2.05, 4.69) is 9.97 Å². The summed E-state index contributed by atoms with van der Waals surface area (Å²) in [5, 5.41) is 0. The highest BCUT2D eigenvalue weighted by Gasteiger charge is 2.31. The Bertz CT molecular complexity index is 1100. The van der Waals surface area contributed by atoms with Crippen molar-refractivity contribution < 1.29 is 13.2 Å². The third kappa shape index (κ3) is 2.89. The van der Waals surface area contributed by atoms with E-state index in [1.54, 1.807) is 34.9 Å². The molecule has 8 heteroatoms. The zero-order chi connectivity index (χ0) is 18.4. The molecular formula is C19H20N4O3S. The van der Waals surface area contributed by atoms with Crippen LogP contribution in [0.2, 0.25) is 0 Å². The van der Waals surface area contributed by atoms with Crippen LogP contribution in [0.15, 0.2) is 47.9 Å². The summed E-state index contributed by atoms with van der Waals surface area (Å²) in [6, 6.07) is 5.19. The van der Waals surface area contributed by atoms with E-state index in [-0.39, 0.29) is 5.92 Å². The van der Waals surface area contributed by atoms with Crippen LogP contribution in [0.25, 0.3) is 5.65 Å². The maximum atomic E-state index is 13.0. The molecule has 0 amide bonds. The molecule has 1 saturated heterocycles. The lowest BCUT2D eigenvalue weighted by Gasteiger charge is -2.31. The minimum atomic E-state index is -3.47. The Hall–Kier alpha value is -2.45. The van der Waals surface area contributed by atoms with Gasteiger partial charge in [0.05, 0.1) is 23.4 Å². The summed E-state index contributed by atoms with van der Waals surface area (Å²) in [7, 11) is -3.47.